The second kappa shape index (κ2) is 9.73. The van der Waals surface area contributed by atoms with E-state index in [-0.39, 0.29) is 17.8 Å². The highest BCUT2D eigenvalue weighted by Gasteiger charge is 2.38. The molecule has 1 aliphatic carbocycles. The molecule has 0 radical (unpaired) electrons. The summed E-state index contributed by atoms with van der Waals surface area (Å²) in [7, 11) is 0. The zero-order valence-electron chi connectivity index (χ0n) is 18.7. The Morgan fingerprint density at radius 3 is 2.63 bits per heavy atom. The molecule has 1 aromatic carbocycles. The van der Waals surface area contributed by atoms with Gasteiger partial charge in [-0.25, -0.2) is 4.98 Å². The summed E-state index contributed by atoms with van der Waals surface area (Å²) < 4.78 is 69.6. The molecule has 186 valence electrons. The van der Waals surface area contributed by atoms with Crippen LogP contribution in [-0.4, -0.2) is 39.5 Å². The van der Waals surface area contributed by atoms with Crippen molar-refractivity contribution in [3.8, 4) is 0 Å². The van der Waals surface area contributed by atoms with Gasteiger partial charge in [-0.15, -0.1) is 0 Å². The van der Waals surface area contributed by atoms with Gasteiger partial charge < -0.3 is 15.4 Å². The molecule has 2 N–H and O–H groups in total. The Bertz CT molecular complexity index is 1220. The predicted octanol–water partition coefficient (Wildman–Crippen LogP) is 5.34. The number of nitrogen functional groups attached to an aromatic ring is 1. The van der Waals surface area contributed by atoms with Crippen LogP contribution >= 0.6 is 0 Å². The van der Waals surface area contributed by atoms with Crippen LogP contribution in [0.2, 0.25) is 0 Å². The summed E-state index contributed by atoms with van der Waals surface area (Å²) in [6.45, 7) is -1.40. The van der Waals surface area contributed by atoms with Crippen LogP contribution in [0.1, 0.15) is 46.4 Å². The molecule has 2 aromatic heterocycles. The zero-order chi connectivity index (χ0) is 25.3. The van der Waals surface area contributed by atoms with E-state index >= 15 is 0 Å². The van der Waals surface area contributed by atoms with Crippen LogP contribution in [0.15, 0.2) is 42.6 Å². The summed E-state index contributed by atoms with van der Waals surface area (Å²) >= 11 is 0. The Hall–Kier alpha value is -3.34. The number of halogens is 5. The van der Waals surface area contributed by atoms with Crippen molar-refractivity contribution in [1.29, 1.82) is 0 Å². The van der Waals surface area contributed by atoms with Gasteiger partial charge >= 0.3 is 12.8 Å². The summed E-state index contributed by atoms with van der Waals surface area (Å²) in [4.78, 5) is 23.1. The minimum Gasteiger partial charge on any atom is -0.383 e. The van der Waals surface area contributed by atoms with E-state index in [0.717, 1.165) is 11.6 Å². The van der Waals surface area contributed by atoms with E-state index in [1.54, 1.807) is 31.2 Å². The maximum atomic E-state index is 13.6. The van der Waals surface area contributed by atoms with Gasteiger partial charge in [0.2, 0.25) is 0 Å². The Balaban J connectivity index is 1.68. The summed E-state index contributed by atoms with van der Waals surface area (Å²) in [5.74, 6) is -0.109. The maximum Gasteiger partial charge on any atom is 0.417 e. The molecule has 35 heavy (non-hydrogen) atoms. The molecule has 1 fully saturated rings. The number of ether oxygens (including phenoxy) is 1. The number of fused-ring (bicyclic) bond motifs is 1. The number of nitrogens with two attached hydrogens (primary N) is 1. The van der Waals surface area contributed by atoms with Gasteiger partial charge in [0, 0.05) is 17.1 Å². The van der Waals surface area contributed by atoms with Crippen molar-refractivity contribution < 1.29 is 31.5 Å². The second-order valence-electron chi connectivity index (χ2n) is 8.50. The van der Waals surface area contributed by atoms with Crippen molar-refractivity contribution in [3.05, 3.63) is 65.0 Å². The van der Waals surface area contributed by atoms with E-state index in [1.807, 2.05) is 0 Å². The fourth-order valence-electron chi connectivity index (χ4n) is 4.35. The smallest absolute Gasteiger partial charge is 0.383 e. The quantitative estimate of drug-likeness (QED) is 0.468. The molecule has 2 atom stereocenters. The van der Waals surface area contributed by atoms with Gasteiger partial charge in [0.05, 0.1) is 35.5 Å². The number of nitrogens with zero attached hydrogens (tertiary/aromatic N) is 3. The topological polar surface area (TPSA) is 81.3 Å². The largest absolute Gasteiger partial charge is 0.417 e. The first kappa shape index (κ1) is 24.8. The lowest BCUT2D eigenvalue weighted by molar-refractivity contribution is -0.172. The fourth-order valence-corrected chi connectivity index (χ4v) is 4.35. The number of pyridine rings is 2. The Labute approximate surface area is 197 Å². The second-order valence-corrected chi connectivity index (χ2v) is 8.50. The molecule has 0 unspecified atom stereocenters. The van der Waals surface area contributed by atoms with E-state index in [9.17, 15) is 26.7 Å². The van der Waals surface area contributed by atoms with Crippen LogP contribution in [0.3, 0.4) is 0 Å². The van der Waals surface area contributed by atoms with Gasteiger partial charge in [-0.3, -0.25) is 9.78 Å². The average Bonchev–Trinajstić information content (AvgIpc) is 3.24. The number of hydrogen-bond donors (Lipinski definition) is 1. The summed E-state index contributed by atoms with van der Waals surface area (Å²) in [5.41, 5.74) is 6.72. The van der Waals surface area contributed by atoms with E-state index < -0.39 is 36.4 Å². The minimum atomic E-state index is -4.55. The molecule has 0 spiro atoms. The predicted molar refractivity (Wildman–Crippen MR) is 119 cm³/mol. The normalized spacial score (nSPS) is 18.4. The molecule has 0 aliphatic heterocycles. The van der Waals surface area contributed by atoms with Crippen molar-refractivity contribution in [1.82, 2.24) is 14.9 Å². The molecule has 1 saturated carbocycles. The number of carbonyl (C=O) groups excluding carboxylic acids is 1. The Morgan fingerprint density at radius 1 is 1.20 bits per heavy atom. The van der Waals surface area contributed by atoms with E-state index in [1.165, 1.54) is 11.0 Å². The monoisotopic (exact) mass is 494 g/mol. The van der Waals surface area contributed by atoms with Crippen molar-refractivity contribution in [2.45, 2.75) is 57.7 Å². The molecule has 4 rings (SSSR count). The number of rotatable bonds is 6. The average molecular weight is 494 g/mol. The molecule has 1 aliphatic rings. The number of carbonyl (C=O) groups is 1. The van der Waals surface area contributed by atoms with E-state index in [0.29, 0.717) is 42.2 Å². The van der Waals surface area contributed by atoms with Crippen molar-refractivity contribution in [2.75, 3.05) is 5.73 Å². The van der Waals surface area contributed by atoms with Crippen molar-refractivity contribution >= 4 is 22.6 Å². The highest BCUT2D eigenvalue weighted by Crippen LogP contribution is 2.32. The lowest BCUT2D eigenvalue weighted by atomic mass is 10.1. The molecule has 1 amide bonds. The van der Waals surface area contributed by atoms with Gasteiger partial charge in [0.25, 0.3) is 5.91 Å². The third-order valence-electron chi connectivity index (χ3n) is 6.13. The number of benzene rings is 1. The first-order chi connectivity index (χ1) is 16.5. The fraction of sp³-hybridized carbons (Fsp3) is 0.375. The Morgan fingerprint density at radius 2 is 1.97 bits per heavy atom. The van der Waals surface area contributed by atoms with Crippen molar-refractivity contribution in [3.63, 3.8) is 0 Å². The molecule has 6 nitrogen and oxygen atoms in total. The van der Waals surface area contributed by atoms with Crippen LogP contribution in [-0.2, 0) is 17.5 Å². The van der Waals surface area contributed by atoms with E-state index in [2.05, 4.69) is 9.97 Å². The number of amides is 1. The lowest BCUT2D eigenvalue weighted by Gasteiger charge is -2.33. The number of anilines is 1. The number of aromatic nitrogens is 2. The van der Waals surface area contributed by atoms with Crippen molar-refractivity contribution in [2.24, 2.45) is 0 Å². The third kappa shape index (κ3) is 5.50. The van der Waals surface area contributed by atoms with Gasteiger partial charge in [-0.1, -0.05) is 0 Å². The maximum absolute atomic E-state index is 13.6. The van der Waals surface area contributed by atoms with Gasteiger partial charge in [-0.2, -0.15) is 22.0 Å². The highest BCUT2D eigenvalue weighted by atomic mass is 19.4. The Kier molecular flexibility index (Phi) is 6.88. The molecule has 0 bridgehead atoms. The highest BCUT2D eigenvalue weighted by molar-refractivity contribution is 5.98. The summed E-state index contributed by atoms with van der Waals surface area (Å²) in [5, 5.41) is 0.668. The minimum absolute atomic E-state index is 0.165. The number of alkyl halides is 5. The SMILES string of the molecule is Cc1cc2cc(C(=O)N(Cc3ccc(C(F)(F)F)cn3)[C@H]3CCC[C@@H]3OC(F)F)ccc2nc1N. The first-order valence-electron chi connectivity index (χ1n) is 11.0. The standard InChI is InChI=1S/C24H23F5N4O2/c1-13-9-15-10-14(5-8-18(15)32-21(13)30)22(34)33(19-3-2-4-20(19)35-23(25)26)12-17-7-6-16(11-31-17)24(27,28)29/h5-11,19-20,23H,2-4,12H2,1H3,(H2,30,32)/t19-,20-/m0/s1. The van der Waals surface area contributed by atoms with Gasteiger partial charge in [0.1, 0.15) is 5.82 Å². The van der Waals surface area contributed by atoms with Crippen LogP contribution in [0.4, 0.5) is 27.8 Å². The van der Waals surface area contributed by atoms with Crippen LogP contribution < -0.4 is 5.73 Å². The van der Waals surface area contributed by atoms with Crippen LogP contribution in [0.25, 0.3) is 10.9 Å². The van der Waals surface area contributed by atoms with Crippen LogP contribution in [0, 0.1) is 6.92 Å². The van der Waals surface area contributed by atoms with Gasteiger partial charge in [-0.05, 0) is 68.1 Å². The molecular weight excluding hydrogens is 471 g/mol. The number of hydrogen-bond acceptors (Lipinski definition) is 5. The third-order valence-corrected chi connectivity index (χ3v) is 6.13. The molecule has 11 heteroatoms. The van der Waals surface area contributed by atoms with Crippen LogP contribution in [0.5, 0.6) is 0 Å². The molecular formula is C24H23F5N4O2. The van der Waals surface area contributed by atoms with Gasteiger partial charge in [0.15, 0.2) is 0 Å². The molecule has 3 aromatic rings. The first-order valence-corrected chi connectivity index (χ1v) is 11.0. The molecule has 0 saturated heterocycles. The zero-order valence-corrected chi connectivity index (χ0v) is 18.7. The van der Waals surface area contributed by atoms with E-state index in [4.69, 9.17) is 10.5 Å². The summed E-state index contributed by atoms with van der Waals surface area (Å²) in [6, 6.07) is 7.96. The summed E-state index contributed by atoms with van der Waals surface area (Å²) in [6.07, 6.45) is -3.46. The number of aryl methyl sites for hydroxylation is 1. The molecule has 2 heterocycles. The lowest BCUT2D eigenvalue weighted by Crippen LogP contribution is -2.45.